The first-order chi connectivity index (χ1) is 13.0. The normalized spacial score (nSPS) is 19.5. The molecule has 2 amide bonds. The fraction of sp³-hybridized carbons (Fsp3) is 0.263. The Hall–Kier alpha value is -2.58. The molecule has 1 fully saturated rings. The predicted octanol–water partition coefficient (Wildman–Crippen LogP) is 3.95. The number of nitrogens with zero attached hydrogens (tertiary/aromatic N) is 3. The molecule has 0 bridgehead atoms. The number of hydrogen-bond acceptors (Lipinski definition) is 6. The molecule has 0 saturated carbocycles. The summed E-state index contributed by atoms with van der Waals surface area (Å²) in [5, 5.41) is 13.9. The molecule has 0 aliphatic carbocycles. The van der Waals surface area contributed by atoms with Crippen LogP contribution >= 0.6 is 22.7 Å². The Kier molecular flexibility index (Phi) is 4.75. The van der Waals surface area contributed by atoms with Crippen LogP contribution in [0.4, 0.5) is 10.8 Å². The second-order valence-corrected chi connectivity index (χ2v) is 8.65. The van der Waals surface area contributed by atoms with Crippen molar-refractivity contribution in [1.82, 2.24) is 10.2 Å². The quantitative estimate of drug-likeness (QED) is 0.722. The zero-order chi connectivity index (χ0) is 19.0. The minimum absolute atomic E-state index is 0.0501. The van der Waals surface area contributed by atoms with Gasteiger partial charge >= 0.3 is 0 Å². The van der Waals surface area contributed by atoms with E-state index in [4.69, 9.17) is 0 Å². The number of anilines is 2. The number of carbonyl (C=O) groups is 2. The molecule has 138 valence electrons. The van der Waals surface area contributed by atoms with Crippen molar-refractivity contribution in [1.29, 1.82) is 0 Å². The van der Waals surface area contributed by atoms with Gasteiger partial charge in [0.2, 0.25) is 16.9 Å². The Morgan fingerprint density at radius 1 is 1.19 bits per heavy atom. The van der Waals surface area contributed by atoms with Gasteiger partial charge in [0.25, 0.3) is 0 Å². The summed E-state index contributed by atoms with van der Waals surface area (Å²) in [6.07, 6.45) is 0.167. The second kappa shape index (κ2) is 7.21. The summed E-state index contributed by atoms with van der Waals surface area (Å²) in [4.78, 5) is 28.6. The third kappa shape index (κ3) is 3.50. The minimum Gasteiger partial charge on any atom is -0.303 e. The average Bonchev–Trinajstić information content (AvgIpc) is 3.36. The Labute approximate surface area is 164 Å². The van der Waals surface area contributed by atoms with Gasteiger partial charge in [0.05, 0.1) is 12.0 Å². The summed E-state index contributed by atoms with van der Waals surface area (Å²) in [7, 11) is 0. The predicted molar refractivity (Wildman–Crippen MR) is 107 cm³/mol. The lowest BCUT2D eigenvalue weighted by molar-refractivity contribution is -0.122. The largest absolute Gasteiger partial charge is 0.303 e. The van der Waals surface area contributed by atoms with E-state index < -0.39 is 5.92 Å². The molecule has 2 aromatic heterocycles. The van der Waals surface area contributed by atoms with Crippen LogP contribution in [-0.4, -0.2) is 22.0 Å². The van der Waals surface area contributed by atoms with Crippen molar-refractivity contribution in [2.45, 2.75) is 26.3 Å². The molecular formula is C19H18N4O2S2. The fourth-order valence-corrected chi connectivity index (χ4v) is 4.78. The van der Waals surface area contributed by atoms with E-state index in [0.717, 1.165) is 21.1 Å². The van der Waals surface area contributed by atoms with E-state index in [1.807, 2.05) is 55.6 Å². The zero-order valence-corrected chi connectivity index (χ0v) is 16.5. The number of hydrogen-bond donors (Lipinski definition) is 1. The number of rotatable bonds is 4. The molecule has 2 atom stereocenters. The van der Waals surface area contributed by atoms with Gasteiger partial charge in [0.15, 0.2) is 0 Å². The van der Waals surface area contributed by atoms with E-state index in [1.165, 1.54) is 11.3 Å². The van der Waals surface area contributed by atoms with Crippen molar-refractivity contribution in [3.05, 3.63) is 57.2 Å². The lowest BCUT2D eigenvalue weighted by atomic mass is 9.97. The molecule has 6 nitrogen and oxygen atoms in total. The maximum Gasteiger partial charge on any atom is 0.232 e. The van der Waals surface area contributed by atoms with E-state index in [1.54, 1.807) is 16.2 Å². The standard InChI is InChI=1S/C19H18N4O2S2/c1-11-5-7-13(8-6-11)23-16(24)10-14(17(23)15-4-3-9-26-15)18(25)20-19-22-21-12(2)27-19/h3-9,14,17H,10H2,1-2H3,(H,20,22,25)/t14-,17-/m1/s1. The minimum atomic E-state index is -0.485. The number of nitrogens with one attached hydrogen (secondary N) is 1. The lowest BCUT2D eigenvalue weighted by Gasteiger charge is -2.27. The number of amides is 2. The van der Waals surface area contributed by atoms with Crippen LogP contribution in [-0.2, 0) is 9.59 Å². The van der Waals surface area contributed by atoms with Crippen LogP contribution in [0.3, 0.4) is 0 Å². The van der Waals surface area contributed by atoms with Gasteiger partial charge in [-0.05, 0) is 37.4 Å². The Bertz CT molecular complexity index is 966. The Balaban J connectivity index is 1.67. The molecule has 1 aromatic carbocycles. The van der Waals surface area contributed by atoms with E-state index in [9.17, 15) is 9.59 Å². The van der Waals surface area contributed by atoms with Crippen LogP contribution in [0.15, 0.2) is 41.8 Å². The molecular weight excluding hydrogens is 380 g/mol. The highest BCUT2D eigenvalue weighted by molar-refractivity contribution is 7.15. The van der Waals surface area contributed by atoms with Gasteiger partial charge in [0.1, 0.15) is 5.01 Å². The van der Waals surface area contributed by atoms with Crippen molar-refractivity contribution in [2.75, 3.05) is 10.2 Å². The molecule has 0 spiro atoms. The van der Waals surface area contributed by atoms with Crippen LogP contribution in [0.5, 0.6) is 0 Å². The smallest absolute Gasteiger partial charge is 0.232 e. The molecule has 1 N–H and O–H groups in total. The second-order valence-electron chi connectivity index (χ2n) is 6.49. The van der Waals surface area contributed by atoms with Crippen LogP contribution in [0.1, 0.15) is 27.9 Å². The number of carbonyl (C=O) groups excluding carboxylic acids is 2. The summed E-state index contributed by atoms with van der Waals surface area (Å²) in [5.74, 6) is -0.736. The molecule has 1 aliphatic rings. The molecule has 3 heterocycles. The SMILES string of the molecule is Cc1ccc(N2C(=O)C[C@@H](C(=O)Nc3nnc(C)s3)[C@@H]2c2cccs2)cc1. The van der Waals surface area contributed by atoms with Crippen molar-refractivity contribution >= 4 is 45.3 Å². The Morgan fingerprint density at radius 2 is 1.96 bits per heavy atom. The first-order valence-corrected chi connectivity index (χ1v) is 10.3. The topological polar surface area (TPSA) is 75.2 Å². The van der Waals surface area contributed by atoms with E-state index in [-0.39, 0.29) is 24.3 Å². The van der Waals surface area contributed by atoms with Crippen LogP contribution in [0.25, 0.3) is 0 Å². The summed E-state index contributed by atoms with van der Waals surface area (Å²) >= 11 is 2.88. The first-order valence-electron chi connectivity index (χ1n) is 8.56. The number of aryl methyl sites for hydroxylation is 2. The highest BCUT2D eigenvalue weighted by Gasteiger charge is 2.45. The average molecular weight is 399 g/mol. The molecule has 1 saturated heterocycles. The first kappa shape index (κ1) is 17.8. The van der Waals surface area contributed by atoms with Gasteiger partial charge in [-0.25, -0.2) is 0 Å². The van der Waals surface area contributed by atoms with Gasteiger partial charge in [-0.15, -0.1) is 21.5 Å². The third-order valence-electron chi connectivity index (χ3n) is 4.56. The van der Waals surface area contributed by atoms with Crippen molar-refractivity contribution in [3.8, 4) is 0 Å². The molecule has 0 unspecified atom stereocenters. The zero-order valence-electron chi connectivity index (χ0n) is 14.9. The van der Waals surface area contributed by atoms with Gasteiger partial charge in [0, 0.05) is 17.0 Å². The van der Waals surface area contributed by atoms with Gasteiger partial charge in [-0.1, -0.05) is 35.1 Å². The number of benzene rings is 1. The van der Waals surface area contributed by atoms with E-state index in [2.05, 4.69) is 15.5 Å². The number of aromatic nitrogens is 2. The maximum atomic E-state index is 13.0. The fourth-order valence-electron chi connectivity index (χ4n) is 3.31. The van der Waals surface area contributed by atoms with Crippen LogP contribution < -0.4 is 10.2 Å². The van der Waals surface area contributed by atoms with E-state index >= 15 is 0 Å². The van der Waals surface area contributed by atoms with Gasteiger partial charge in [-0.3, -0.25) is 9.59 Å². The summed E-state index contributed by atoms with van der Waals surface area (Å²) in [6, 6.07) is 11.4. The van der Waals surface area contributed by atoms with Crippen molar-refractivity contribution in [2.24, 2.45) is 5.92 Å². The summed E-state index contributed by atoms with van der Waals surface area (Å²) < 4.78 is 0. The summed E-state index contributed by atoms with van der Waals surface area (Å²) in [6.45, 7) is 3.84. The molecule has 1 aliphatic heterocycles. The highest BCUT2D eigenvalue weighted by Crippen LogP contribution is 2.43. The van der Waals surface area contributed by atoms with E-state index in [0.29, 0.717) is 5.13 Å². The molecule has 3 aromatic rings. The monoisotopic (exact) mass is 398 g/mol. The van der Waals surface area contributed by atoms with Gasteiger partial charge < -0.3 is 10.2 Å². The molecule has 27 heavy (non-hydrogen) atoms. The van der Waals surface area contributed by atoms with Crippen molar-refractivity contribution in [3.63, 3.8) is 0 Å². The molecule has 8 heteroatoms. The van der Waals surface area contributed by atoms with Crippen LogP contribution in [0.2, 0.25) is 0 Å². The Morgan fingerprint density at radius 3 is 2.59 bits per heavy atom. The number of thiophene rings is 1. The highest BCUT2D eigenvalue weighted by atomic mass is 32.1. The van der Waals surface area contributed by atoms with Crippen molar-refractivity contribution < 1.29 is 9.59 Å². The lowest BCUT2D eigenvalue weighted by Crippen LogP contribution is -2.31. The maximum absolute atomic E-state index is 13.0. The molecule has 0 radical (unpaired) electrons. The van der Waals surface area contributed by atoms with Crippen LogP contribution in [0, 0.1) is 19.8 Å². The molecule has 4 rings (SSSR count). The third-order valence-corrected chi connectivity index (χ3v) is 6.26. The summed E-state index contributed by atoms with van der Waals surface area (Å²) in [5.41, 5.74) is 1.94. The van der Waals surface area contributed by atoms with Gasteiger partial charge in [-0.2, -0.15) is 0 Å².